The Morgan fingerprint density at radius 2 is 1.65 bits per heavy atom. The van der Waals surface area contributed by atoms with Gasteiger partial charge in [0, 0.05) is 83.0 Å². The van der Waals surface area contributed by atoms with E-state index in [9.17, 15) is 23.4 Å². The van der Waals surface area contributed by atoms with Gasteiger partial charge >= 0.3 is 0 Å². The number of ether oxygens (including phenoxy) is 1. The first kappa shape index (κ1) is 44.0. The lowest BCUT2D eigenvalue weighted by Gasteiger charge is -2.37. The van der Waals surface area contributed by atoms with E-state index in [2.05, 4.69) is 19.9 Å². The maximum Gasteiger partial charge on any atom is 0.252 e. The fourth-order valence-electron chi connectivity index (χ4n) is 8.09. The van der Waals surface area contributed by atoms with Crippen molar-refractivity contribution in [1.29, 1.82) is 0 Å². The number of carbonyl (C=O) groups is 3. The molecule has 0 bridgehead atoms. The fraction of sp³-hybridized carbons (Fsp3) is 0.610. The van der Waals surface area contributed by atoms with Crippen molar-refractivity contribution in [3.8, 4) is 0 Å². The van der Waals surface area contributed by atoms with Crippen LogP contribution in [0, 0.1) is 0 Å². The third kappa shape index (κ3) is 11.5. The highest BCUT2D eigenvalue weighted by Crippen LogP contribution is 2.34. The molecule has 3 aromatic rings. The Kier molecular flexibility index (Phi) is 17.1. The number of amides is 1. The summed E-state index contributed by atoms with van der Waals surface area (Å²) in [5.74, 6) is 0.534. The van der Waals surface area contributed by atoms with Crippen molar-refractivity contribution in [2.24, 2.45) is 0 Å². The Hall–Kier alpha value is -4.09. The number of anilines is 3. The molecular weight excluding hydrogens is 747 g/mol. The quantitative estimate of drug-likeness (QED) is 0.142. The number of hydrogen-bond donors (Lipinski definition) is 2. The Labute approximate surface area is 339 Å². The lowest BCUT2D eigenvalue weighted by molar-refractivity contribution is -0.110. The van der Waals surface area contributed by atoms with Gasteiger partial charge in [-0.05, 0) is 89.6 Å². The fourth-order valence-corrected chi connectivity index (χ4v) is 9.46. The number of fused-ring (bicyclic) bond motifs is 1. The molecule has 57 heavy (non-hydrogen) atoms. The summed E-state index contributed by atoms with van der Waals surface area (Å²) in [6.45, 7) is 3.37. The first-order valence-electron chi connectivity index (χ1n) is 20.4. The van der Waals surface area contributed by atoms with Crippen LogP contribution in [0.1, 0.15) is 82.2 Å². The molecule has 2 saturated heterocycles. The minimum Gasteiger partial charge on any atom is -0.378 e. The Bertz CT molecular complexity index is 1840. The molecule has 2 aromatic heterocycles. The highest BCUT2D eigenvalue weighted by Gasteiger charge is 2.30. The van der Waals surface area contributed by atoms with Crippen LogP contribution in [-0.4, -0.2) is 126 Å². The predicted octanol–water partition coefficient (Wildman–Crippen LogP) is 3.89. The summed E-state index contributed by atoms with van der Waals surface area (Å²) in [4.78, 5) is 60.1. The second-order valence-corrected chi connectivity index (χ2v) is 16.7. The summed E-state index contributed by atoms with van der Waals surface area (Å²) >= 11 is -1.21. The third-order valence-electron chi connectivity index (χ3n) is 11.2. The highest BCUT2D eigenvalue weighted by molar-refractivity contribution is 7.80. The molecule has 1 amide bonds. The van der Waals surface area contributed by atoms with Gasteiger partial charge in [-0.2, -0.15) is 4.98 Å². The lowest BCUT2D eigenvalue weighted by Crippen LogP contribution is -2.48. The van der Waals surface area contributed by atoms with Crippen LogP contribution >= 0.6 is 0 Å². The maximum absolute atomic E-state index is 13.6. The van der Waals surface area contributed by atoms with Gasteiger partial charge in [-0.15, -0.1) is 0 Å². The number of pyridine rings is 1. The molecule has 2 aliphatic heterocycles. The van der Waals surface area contributed by atoms with Crippen LogP contribution in [0.4, 0.5) is 17.3 Å². The van der Waals surface area contributed by atoms with E-state index < -0.39 is 17.2 Å². The molecule has 0 spiro atoms. The molecule has 312 valence electrons. The smallest absolute Gasteiger partial charge is 0.252 e. The van der Waals surface area contributed by atoms with E-state index in [0.29, 0.717) is 57.2 Å². The minimum absolute atomic E-state index is 0.00844. The van der Waals surface area contributed by atoms with Gasteiger partial charge in [0.2, 0.25) is 12.4 Å². The molecule has 2 unspecified atom stereocenters. The number of nitrogens with zero attached hydrogens (tertiary/aromatic N) is 7. The molecule has 2 N–H and O–H groups in total. The molecule has 1 aromatic carbocycles. The number of benzene rings is 1. The summed E-state index contributed by atoms with van der Waals surface area (Å²) in [5.41, 5.74) is 3.18. The molecule has 15 nitrogen and oxygen atoms in total. The number of carbonyl (C=O) groups excluding carboxylic acids is 3. The van der Waals surface area contributed by atoms with Gasteiger partial charge in [0.15, 0.2) is 11.2 Å². The van der Waals surface area contributed by atoms with E-state index in [4.69, 9.17) is 9.72 Å². The standard InChI is InChI=1S/C39H54N8O6S.C2H7N/c1-43(28-50)37-29(8-5-13-35(37)44(2)33(27-49)12-6-24-48)9-7-25-53-34-18-22-46(23-19-34)54(52)45-20-16-31(17-21-45)41-39-40-26-30-14-15-36(51)47(38(30)42-39)32-10-3-4-11-32;1-3-2/h5,8,13-15,24,26-28,31-34H,3-4,6-7,9-12,16-23,25H2,1-2H3,(H,40,41,42);3H,1-2H3. The number of aryl methyl sites for hydroxylation is 1. The second kappa shape index (κ2) is 22.2. The minimum atomic E-state index is -1.21. The van der Waals surface area contributed by atoms with Crippen molar-refractivity contribution in [3.05, 3.63) is 52.4 Å². The molecule has 3 fully saturated rings. The van der Waals surface area contributed by atoms with Crippen LogP contribution < -0.4 is 26.0 Å². The largest absolute Gasteiger partial charge is 0.378 e. The molecule has 4 heterocycles. The zero-order valence-electron chi connectivity index (χ0n) is 34.0. The van der Waals surface area contributed by atoms with Crippen LogP contribution in [0.3, 0.4) is 0 Å². The maximum atomic E-state index is 13.6. The Morgan fingerprint density at radius 3 is 2.30 bits per heavy atom. The topological polar surface area (TPSA) is 162 Å². The van der Waals surface area contributed by atoms with Crippen LogP contribution in [-0.2, 0) is 36.7 Å². The SMILES string of the molecule is CN(C=O)c1c(CCCOC2CCN(S(=O)N3CCC(Nc4ncc5ccc(=O)n(C6CCCC6)c5n4)CC3)CC2)cccc1N(C)C(C=O)CCC=O.CNC. The molecule has 6 rings (SSSR count). The van der Waals surface area contributed by atoms with Gasteiger partial charge in [0.25, 0.3) is 5.56 Å². The summed E-state index contributed by atoms with van der Waals surface area (Å²) in [6, 6.07) is 9.11. The van der Waals surface area contributed by atoms with E-state index in [1.807, 2.05) is 53.1 Å². The molecule has 16 heteroatoms. The number of aromatic nitrogens is 3. The van der Waals surface area contributed by atoms with Gasteiger partial charge in [-0.25, -0.2) is 17.8 Å². The van der Waals surface area contributed by atoms with Crippen LogP contribution in [0.2, 0.25) is 0 Å². The predicted molar refractivity (Wildman–Crippen MR) is 226 cm³/mol. The first-order chi connectivity index (χ1) is 27.7. The third-order valence-corrected chi connectivity index (χ3v) is 12.8. The lowest BCUT2D eigenvalue weighted by atomic mass is 10.0. The van der Waals surface area contributed by atoms with Crippen molar-refractivity contribution in [2.45, 2.75) is 101 Å². The van der Waals surface area contributed by atoms with Gasteiger partial charge in [0.1, 0.15) is 18.2 Å². The summed E-state index contributed by atoms with van der Waals surface area (Å²) in [7, 11) is 7.27. The van der Waals surface area contributed by atoms with Crippen molar-refractivity contribution < 1.29 is 23.3 Å². The highest BCUT2D eigenvalue weighted by atomic mass is 32.2. The number of hydrogen-bond acceptors (Lipinski definition) is 11. The average Bonchev–Trinajstić information content (AvgIpc) is 3.77. The van der Waals surface area contributed by atoms with Crippen molar-refractivity contribution in [1.82, 2.24) is 28.5 Å². The van der Waals surface area contributed by atoms with Crippen molar-refractivity contribution in [2.75, 3.05) is 76.1 Å². The number of likely N-dealkylation sites (N-methyl/N-ethyl adjacent to an activating group) is 1. The molecule has 1 saturated carbocycles. The van der Waals surface area contributed by atoms with Crippen molar-refractivity contribution >= 4 is 58.5 Å². The second-order valence-electron chi connectivity index (χ2n) is 15.2. The number of aldehydes is 2. The van der Waals surface area contributed by atoms with E-state index in [1.165, 1.54) is 4.90 Å². The summed E-state index contributed by atoms with van der Waals surface area (Å²) in [6.07, 6.45) is 14.0. The van der Waals surface area contributed by atoms with E-state index in [0.717, 1.165) is 99.1 Å². The van der Waals surface area contributed by atoms with Gasteiger partial charge < -0.3 is 34.8 Å². The molecule has 0 radical (unpaired) electrons. The molecular formula is C41H61N9O6S. The van der Waals surface area contributed by atoms with Gasteiger partial charge in [0.05, 0.1) is 23.5 Å². The number of piperidine rings is 2. The van der Waals surface area contributed by atoms with E-state index in [1.54, 1.807) is 25.4 Å². The number of nitrogens with one attached hydrogen (secondary N) is 2. The molecule has 3 aliphatic rings. The summed E-state index contributed by atoms with van der Waals surface area (Å²) in [5, 5.41) is 7.10. The Morgan fingerprint density at radius 1 is 0.965 bits per heavy atom. The molecule has 1 aliphatic carbocycles. The Balaban J connectivity index is 0.00000200. The van der Waals surface area contributed by atoms with E-state index >= 15 is 0 Å². The molecule has 2 atom stereocenters. The number of para-hydroxylation sites is 1. The van der Waals surface area contributed by atoms with Crippen LogP contribution in [0.25, 0.3) is 11.0 Å². The van der Waals surface area contributed by atoms with E-state index in [-0.39, 0.29) is 30.2 Å². The van der Waals surface area contributed by atoms with Gasteiger partial charge in [-0.1, -0.05) is 25.0 Å². The van der Waals surface area contributed by atoms with Crippen molar-refractivity contribution in [3.63, 3.8) is 0 Å². The first-order valence-corrected chi connectivity index (χ1v) is 21.5. The van der Waals surface area contributed by atoms with Crippen LogP contribution in [0.5, 0.6) is 0 Å². The van der Waals surface area contributed by atoms with Gasteiger partial charge in [-0.3, -0.25) is 14.2 Å². The zero-order valence-corrected chi connectivity index (χ0v) is 34.8. The summed E-state index contributed by atoms with van der Waals surface area (Å²) < 4.78 is 25.8. The monoisotopic (exact) mass is 807 g/mol. The normalized spacial score (nSPS) is 18.4. The number of rotatable bonds is 18. The average molecular weight is 808 g/mol. The van der Waals surface area contributed by atoms with Crippen LogP contribution in [0.15, 0.2) is 41.3 Å². The zero-order chi connectivity index (χ0) is 40.7.